The Hall–Kier alpha value is -2.82. The highest BCUT2D eigenvalue weighted by molar-refractivity contribution is 6.30. The van der Waals surface area contributed by atoms with Crippen molar-refractivity contribution in [3.8, 4) is 0 Å². The number of alkyl halides is 6. The number of carboxylic acid groups (broad SMARTS) is 1. The lowest BCUT2D eigenvalue weighted by Gasteiger charge is -2.30. The summed E-state index contributed by atoms with van der Waals surface area (Å²) in [5.74, 6) is -3.44. The van der Waals surface area contributed by atoms with Gasteiger partial charge in [-0.2, -0.15) is 26.3 Å². The molecule has 0 spiro atoms. The minimum atomic E-state index is -5.37. The average molecular weight is 470 g/mol. The van der Waals surface area contributed by atoms with Gasteiger partial charge in [-0.15, -0.1) is 0 Å². The van der Waals surface area contributed by atoms with Crippen molar-refractivity contribution in [2.75, 3.05) is 0 Å². The molecule has 1 aliphatic heterocycles. The molecule has 0 aliphatic carbocycles. The molecule has 0 aromatic heterocycles. The maximum atomic E-state index is 14.6. The number of hydrogen-bond donors (Lipinski definition) is 1. The number of benzene rings is 2. The Morgan fingerprint density at radius 3 is 2.32 bits per heavy atom. The van der Waals surface area contributed by atoms with Crippen LogP contribution in [-0.4, -0.2) is 23.0 Å². The van der Waals surface area contributed by atoms with E-state index in [1.165, 1.54) is 19.1 Å². The summed E-state index contributed by atoms with van der Waals surface area (Å²) in [6, 6.07) is 4.12. The second-order valence-corrected chi connectivity index (χ2v) is 7.21. The molecule has 0 saturated heterocycles. The number of carbonyl (C=O) groups is 1. The first-order valence-corrected chi connectivity index (χ1v) is 8.78. The van der Waals surface area contributed by atoms with Crippen LogP contribution in [0.15, 0.2) is 35.5 Å². The number of aryl methyl sites for hydroxylation is 1. The van der Waals surface area contributed by atoms with Gasteiger partial charge in [-0.05, 0) is 42.3 Å². The molecule has 0 amide bonds. The maximum Gasteiger partial charge on any atom is 0.435 e. The lowest BCUT2D eigenvalue weighted by atomic mass is 9.85. The Morgan fingerprint density at radius 1 is 1.16 bits per heavy atom. The van der Waals surface area contributed by atoms with Crippen LogP contribution < -0.4 is 0 Å². The van der Waals surface area contributed by atoms with E-state index in [1.54, 1.807) is 0 Å². The van der Waals surface area contributed by atoms with Gasteiger partial charge in [0.1, 0.15) is 5.82 Å². The van der Waals surface area contributed by atoms with Crippen molar-refractivity contribution < 1.29 is 45.5 Å². The fourth-order valence-electron chi connectivity index (χ4n) is 3.21. The molecular weight excluding hydrogens is 459 g/mol. The normalized spacial score (nSPS) is 19.2. The molecule has 4 nitrogen and oxygen atoms in total. The van der Waals surface area contributed by atoms with Gasteiger partial charge in [0, 0.05) is 10.6 Å². The van der Waals surface area contributed by atoms with E-state index in [0.717, 1.165) is 6.07 Å². The summed E-state index contributed by atoms with van der Waals surface area (Å²) in [7, 11) is 0. The zero-order chi connectivity index (χ0) is 23.4. The summed E-state index contributed by atoms with van der Waals surface area (Å²) in [4.78, 5) is 15.7. The molecule has 1 atom stereocenters. The molecule has 0 radical (unpaired) electrons. The number of rotatable bonds is 3. The Bertz CT molecular complexity index is 1100. The molecule has 1 N–H and O–H groups in total. The largest absolute Gasteiger partial charge is 0.478 e. The van der Waals surface area contributed by atoms with Gasteiger partial charge in [0.2, 0.25) is 0 Å². The van der Waals surface area contributed by atoms with Crippen molar-refractivity contribution >= 4 is 23.3 Å². The number of oxime groups is 1. The fraction of sp³-hybridized carbons (Fsp3) is 0.263. The molecule has 2 aromatic rings. The van der Waals surface area contributed by atoms with Crippen LogP contribution in [-0.2, 0) is 16.6 Å². The first kappa shape index (κ1) is 22.9. The van der Waals surface area contributed by atoms with E-state index in [-0.39, 0.29) is 28.5 Å². The summed E-state index contributed by atoms with van der Waals surface area (Å²) in [6.45, 7) is 1.40. The standard InChI is InChI=1S/C19H11ClF7NO3/c1-8-4-9(2-3-11(8)16(29)30)14-7-17(31-28-14,19(25,26)27)12-5-10(20)6-13(15(12)21)18(22,23)24/h2-6H,7H2,1H3,(H,29,30)/t17-/m1/s1. The number of hydrogen-bond acceptors (Lipinski definition) is 3. The van der Waals surface area contributed by atoms with Crippen LogP contribution in [0.4, 0.5) is 30.7 Å². The fourth-order valence-corrected chi connectivity index (χ4v) is 3.43. The van der Waals surface area contributed by atoms with E-state index < -0.39 is 52.3 Å². The summed E-state index contributed by atoms with van der Waals surface area (Å²) < 4.78 is 96.0. The molecule has 3 rings (SSSR count). The Morgan fingerprint density at radius 2 is 1.81 bits per heavy atom. The Labute approximate surface area is 174 Å². The number of aromatic carboxylic acids is 1. The van der Waals surface area contributed by atoms with Crippen LogP contribution in [0.3, 0.4) is 0 Å². The van der Waals surface area contributed by atoms with E-state index >= 15 is 0 Å². The third kappa shape index (κ3) is 3.93. The topological polar surface area (TPSA) is 58.9 Å². The van der Waals surface area contributed by atoms with Crippen molar-refractivity contribution in [1.29, 1.82) is 0 Å². The molecule has 1 heterocycles. The molecule has 0 unspecified atom stereocenters. The van der Waals surface area contributed by atoms with Gasteiger partial charge in [0.25, 0.3) is 5.60 Å². The Balaban J connectivity index is 2.12. The van der Waals surface area contributed by atoms with Crippen LogP contribution in [0.25, 0.3) is 0 Å². The van der Waals surface area contributed by atoms with Crippen molar-refractivity contribution in [3.05, 3.63) is 69.0 Å². The van der Waals surface area contributed by atoms with Crippen molar-refractivity contribution in [3.63, 3.8) is 0 Å². The molecular formula is C19H11ClF7NO3. The van der Waals surface area contributed by atoms with E-state index in [9.17, 15) is 35.5 Å². The van der Waals surface area contributed by atoms with Gasteiger partial charge in [-0.3, -0.25) is 0 Å². The van der Waals surface area contributed by atoms with Crippen LogP contribution in [0.1, 0.15) is 39.0 Å². The minimum absolute atomic E-state index is 0.0344. The second-order valence-electron chi connectivity index (χ2n) is 6.78. The lowest BCUT2D eigenvalue weighted by molar-refractivity contribution is -0.277. The first-order valence-electron chi connectivity index (χ1n) is 8.40. The highest BCUT2D eigenvalue weighted by Gasteiger charge is 2.64. The number of carboxylic acids is 1. The minimum Gasteiger partial charge on any atom is -0.478 e. The summed E-state index contributed by atoms with van der Waals surface area (Å²) in [5.41, 5.74) is -7.23. The molecule has 0 bridgehead atoms. The molecule has 12 heteroatoms. The van der Waals surface area contributed by atoms with E-state index in [4.69, 9.17) is 16.7 Å². The molecule has 1 aliphatic rings. The van der Waals surface area contributed by atoms with Crippen molar-refractivity contribution in [2.45, 2.75) is 31.3 Å². The summed E-state index contributed by atoms with van der Waals surface area (Å²) in [6.07, 6.45) is -11.8. The molecule has 0 fully saturated rings. The predicted octanol–water partition coefficient (Wildman–Crippen LogP) is 6.09. The third-order valence-electron chi connectivity index (χ3n) is 4.75. The van der Waals surface area contributed by atoms with Gasteiger partial charge in [0.05, 0.1) is 23.3 Å². The zero-order valence-corrected chi connectivity index (χ0v) is 16.1. The first-order chi connectivity index (χ1) is 14.2. The third-order valence-corrected chi connectivity index (χ3v) is 4.97. The highest BCUT2D eigenvalue weighted by Crippen LogP contribution is 2.51. The molecule has 31 heavy (non-hydrogen) atoms. The van der Waals surface area contributed by atoms with E-state index in [1.807, 2.05) is 0 Å². The van der Waals surface area contributed by atoms with Gasteiger partial charge >= 0.3 is 18.3 Å². The van der Waals surface area contributed by atoms with E-state index in [0.29, 0.717) is 6.07 Å². The van der Waals surface area contributed by atoms with Crippen LogP contribution in [0.2, 0.25) is 5.02 Å². The monoisotopic (exact) mass is 469 g/mol. The summed E-state index contributed by atoms with van der Waals surface area (Å²) in [5, 5.41) is 11.6. The zero-order valence-electron chi connectivity index (χ0n) is 15.3. The van der Waals surface area contributed by atoms with Crippen LogP contribution in [0.5, 0.6) is 0 Å². The maximum absolute atomic E-state index is 14.6. The van der Waals surface area contributed by atoms with Crippen molar-refractivity contribution in [1.82, 2.24) is 0 Å². The smallest absolute Gasteiger partial charge is 0.435 e. The Kier molecular flexibility index (Phi) is 5.45. The molecule has 166 valence electrons. The quantitative estimate of drug-likeness (QED) is 0.554. The van der Waals surface area contributed by atoms with Crippen LogP contribution in [0, 0.1) is 12.7 Å². The second kappa shape index (κ2) is 7.40. The van der Waals surface area contributed by atoms with Gasteiger partial charge in [0.15, 0.2) is 0 Å². The predicted molar refractivity (Wildman–Crippen MR) is 94.5 cm³/mol. The van der Waals surface area contributed by atoms with Gasteiger partial charge in [-0.1, -0.05) is 22.8 Å². The lowest BCUT2D eigenvalue weighted by Crippen LogP contribution is -2.43. The SMILES string of the molecule is Cc1cc(C2=NO[C@](c3cc(Cl)cc(C(F)(F)F)c3F)(C(F)(F)F)C2)ccc1C(=O)O. The number of nitrogens with zero attached hydrogens (tertiary/aromatic N) is 1. The van der Waals surface area contributed by atoms with Crippen LogP contribution >= 0.6 is 11.6 Å². The molecule has 2 aromatic carbocycles. The molecule has 0 saturated carbocycles. The van der Waals surface area contributed by atoms with Gasteiger partial charge in [-0.25, -0.2) is 9.18 Å². The average Bonchev–Trinajstić information content (AvgIpc) is 3.08. The summed E-state index contributed by atoms with van der Waals surface area (Å²) >= 11 is 5.56. The number of halogens is 8. The highest BCUT2D eigenvalue weighted by atomic mass is 35.5. The van der Waals surface area contributed by atoms with Gasteiger partial charge < -0.3 is 9.94 Å². The van der Waals surface area contributed by atoms with Crippen molar-refractivity contribution in [2.24, 2.45) is 5.16 Å². The van der Waals surface area contributed by atoms with E-state index in [2.05, 4.69) is 9.99 Å².